The van der Waals surface area contributed by atoms with Crippen LogP contribution in [0.5, 0.6) is 0 Å². The summed E-state index contributed by atoms with van der Waals surface area (Å²) in [4.78, 5) is 14.7. The molecule has 0 aliphatic heterocycles. The Morgan fingerprint density at radius 3 is 2.89 bits per heavy atom. The highest BCUT2D eigenvalue weighted by atomic mass is 32.1. The van der Waals surface area contributed by atoms with Crippen molar-refractivity contribution in [3.63, 3.8) is 0 Å². The Hall–Kier alpha value is -1.31. The molecule has 0 spiro atoms. The van der Waals surface area contributed by atoms with E-state index in [1.807, 2.05) is 18.5 Å². The van der Waals surface area contributed by atoms with E-state index in [0.29, 0.717) is 25.4 Å². The minimum Gasteiger partial charge on any atom is -0.341 e. The Morgan fingerprint density at radius 2 is 2.28 bits per heavy atom. The van der Waals surface area contributed by atoms with E-state index < -0.39 is 0 Å². The van der Waals surface area contributed by atoms with E-state index in [2.05, 4.69) is 25.7 Å². The molecule has 1 heterocycles. The summed E-state index contributed by atoms with van der Waals surface area (Å²) in [6, 6.07) is 2.02. The zero-order chi connectivity index (χ0) is 13.5. The lowest BCUT2D eigenvalue weighted by Gasteiger charge is -2.17. The molecule has 1 rings (SSSR count). The van der Waals surface area contributed by atoms with Crippen molar-refractivity contribution in [3.8, 4) is 11.8 Å². The number of rotatable bonds is 4. The van der Waals surface area contributed by atoms with Crippen LogP contribution >= 0.6 is 11.3 Å². The van der Waals surface area contributed by atoms with Gasteiger partial charge in [0, 0.05) is 29.3 Å². The second kappa shape index (κ2) is 7.20. The summed E-state index contributed by atoms with van der Waals surface area (Å²) >= 11 is 1.63. The van der Waals surface area contributed by atoms with E-state index in [-0.39, 0.29) is 5.91 Å². The summed E-state index contributed by atoms with van der Waals surface area (Å²) < 4.78 is 0. The van der Waals surface area contributed by atoms with Gasteiger partial charge in [0.05, 0.1) is 13.1 Å². The lowest BCUT2D eigenvalue weighted by molar-refractivity contribution is -0.131. The quantitative estimate of drug-likeness (QED) is 0.846. The lowest BCUT2D eigenvalue weighted by Crippen LogP contribution is -2.26. The van der Waals surface area contributed by atoms with Gasteiger partial charge in [-0.2, -0.15) is 0 Å². The van der Waals surface area contributed by atoms with Gasteiger partial charge in [-0.1, -0.05) is 25.7 Å². The van der Waals surface area contributed by atoms with E-state index in [1.54, 1.807) is 16.2 Å². The molecule has 3 nitrogen and oxygen atoms in total. The summed E-state index contributed by atoms with van der Waals surface area (Å²) in [5.41, 5.74) is 6.30. The summed E-state index contributed by atoms with van der Waals surface area (Å²) in [7, 11) is 1.84. The molecule has 0 fully saturated rings. The SMILES string of the molecule is CC(C)CC(=O)N(C)Cc1cc(C#CCN)cs1. The number of carbonyl (C=O) groups is 1. The zero-order valence-corrected chi connectivity index (χ0v) is 12.0. The molecule has 0 radical (unpaired) electrons. The second-order valence-electron chi connectivity index (χ2n) is 4.66. The number of thiophene rings is 1. The second-order valence-corrected chi connectivity index (χ2v) is 5.65. The maximum Gasteiger partial charge on any atom is 0.222 e. The van der Waals surface area contributed by atoms with Crippen LogP contribution in [-0.4, -0.2) is 24.4 Å². The van der Waals surface area contributed by atoms with Gasteiger partial charge in [0.1, 0.15) is 0 Å². The smallest absolute Gasteiger partial charge is 0.222 e. The Balaban J connectivity index is 2.56. The van der Waals surface area contributed by atoms with E-state index in [9.17, 15) is 4.79 Å². The molecule has 0 aliphatic rings. The minimum absolute atomic E-state index is 0.188. The van der Waals surface area contributed by atoms with Crippen molar-refractivity contribution >= 4 is 17.2 Å². The topological polar surface area (TPSA) is 46.3 Å². The van der Waals surface area contributed by atoms with E-state index in [4.69, 9.17) is 5.73 Å². The van der Waals surface area contributed by atoms with Crippen molar-refractivity contribution in [2.24, 2.45) is 11.7 Å². The molecule has 18 heavy (non-hydrogen) atoms. The third kappa shape index (κ3) is 4.91. The average molecular weight is 264 g/mol. The van der Waals surface area contributed by atoms with Crippen LogP contribution in [0.15, 0.2) is 11.4 Å². The zero-order valence-electron chi connectivity index (χ0n) is 11.2. The van der Waals surface area contributed by atoms with Crippen LogP contribution in [0.1, 0.15) is 30.7 Å². The van der Waals surface area contributed by atoms with Gasteiger partial charge in [-0.3, -0.25) is 4.79 Å². The standard InChI is InChI=1S/C14H20N2OS/c1-11(2)7-14(17)16(3)9-13-8-12(10-18-13)5-4-6-15/h8,10-11H,6-7,9,15H2,1-3H3. The van der Waals surface area contributed by atoms with Gasteiger partial charge in [-0.15, -0.1) is 11.3 Å². The average Bonchev–Trinajstić information content (AvgIpc) is 2.73. The first-order valence-electron chi connectivity index (χ1n) is 6.03. The van der Waals surface area contributed by atoms with Gasteiger partial charge in [0.25, 0.3) is 0 Å². The van der Waals surface area contributed by atoms with Crippen LogP contribution in [0, 0.1) is 17.8 Å². The minimum atomic E-state index is 0.188. The fraction of sp³-hybridized carbons (Fsp3) is 0.500. The summed E-state index contributed by atoms with van der Waals surface area (Å²) in [6.07, 6.45) is 0.599. The Kier molecular flexibility index (Phi) is 5.90. The molecule has 98 valence electrons. The molecule has 1 aromatic heterocycles. The Morgan fingerprint density at radius 1 is 1.56 bits per heavy atom. The fourth-order valence-electron chi connectivity index (χ4n) is 1.51. The van der Waals surface area contributed by atoms with Gasteiger partial charge in [0.15, 0.2) is 0 Å². The number of nitrogens with zero attached hydrogens (tertiary/aromatic N) is 1. The lowest BCUT2D eigenvalue weighted by atomic mass is 10.1. The highest BCUT2D eigenvalue weighted by Crippen LogP contribution is 2.16. The molecule has 1 amide bonds. The normalized spacial score (nSPS) is 10.1. The predicted molar refractivity (Wildman–Crippen MR) is 76.2 cm³/mol. The van der Waals surface area contributed by atoms with E-state index >= 15 is 0 Å². The molecule has 0 saturated carbocycles. The molecule has 4 heteroatoms. The van der Waals surface area contributed by atoms with Crippen LogP contribution in [0.3, 0.4) is 0 Å². The summed E-state index contributed by atoms with van der Waals surface area (Å²) in [6.45, 7) is 5.13. The summed E-state index contributed by atoms with van der Waals surface area (Å²) in [5.74, 6) is 6.40. The van der Waals surface area contributed by atoms with Gasteiger partial charge >= 0.3 is 0 Å². The number of nitrogens with two attached hydrogens (primary N) is 1. The first-order valence-corrected chi connectivity index (χ1v) is 6.91. The third-order valence-corrected chi connectivity index (χ3v) is 3.31. The fourth-order valence-corrected chi connectivity index (χ4v) is 2.38. The Bertz CT molecular complexity index is 454. The van der Waals surface area contributed by atoms with Crippen LogP contribution in [-0.2, 0) is 11.3 Å². The first-order chi connectivity index (χ1) is 8.52. The van der Waals surface area contributed by atoms with Crippen LogP contribution in [0.25, 0.3) is 0 Å². The number of carbonyl (C=O) groups excluding carboxylic acids is 1. The highest BCUT2D eigenvalue weighted by Gasteiger charge is 2.11. The van der Waals surface area contributed by atoms with Crippen molar-refractivity contribution in [1.29, 1.82) is 0 Å². The largest absolute Gasteiger partial charge is 0.341 e. The molecule has 0 bridgehead atoms. The van der Waals surface area contributed by atoms with E-state index in [1.165, 1.54) is 0 Å². The molecule has 0 atom stereocenters. The van der Waals surface area contributed by atoms with Crippen molar-refractivity contribution in [1.82, 2.24) is 4.90 Å². The number of hydrogen-bond donors (Lipinski definition) is 1. The molecular formula is C14H20N2OS. The molecular weight excluding hydrogens is 244 g/mol. The van der Waals surface area contributed by atoms with Crippen LogP contribution in [0.2, 0.25) is 0 Å². The van der Waals surface area contributed by atoms with Crippen molar-refractivity contribution < 1.29 is 4.79 Å². The van der Waals surface area contributed by atoms with Crippen LogP contribution < -0.4 is 5.73 Å². The van der Waals surface area contributed by atoms with Gasteiger partial charge in [-0.25, -0.2) is 0 Å². The molecule has 2 N–H and O–H groups in total. The van der Waals surface area contributed by atoms with Gasteiger partial charge in [-0.05, 0) is 12.0 Å². The molecule has 0 saturated heterocycles. The van der Waals surface area contributed by atoms with Gasteiger partial charge < -0.3 is 10.6 Å². The highest BCUT2D eigenvalue weighted by molar-refractivity contribution is 7.10. The molecule has 1 aromatic rings. The maximum atomic E-state index is 11.8. The first kappa shape index (κ1) is 14.7. The van der Waals surface area contributed by atoms with Crippen LogP contribution in [0.4, 0.5) is 0 Å². The van der Waals surface area contributed by atoms with Crippen molar-refractivity contribution in [2.45, 2.75) is 26.8 Å². The summed E-state index contributed by atoms with van der Waals surface area (Å²) in [5, 5.41) is 2.00. The molecule has 0 aromatic carbocycles. The Labute approximate surface area is 113 Å². The predicted octanol–water partition coefficient (Wildman–Crippen LogP) is 2.06. The maximum absolute atomic E-state index is 11.8. The monoisotopic (exact) mass is 264 g/mol. The molecule has 0 unspecified atom stereocenters. The van der Waals surface area contributed by atoms with Crippen molar-refractivity contribution in [3.05, 3.63) is 21.9 Å². The number of hydrogen-bond acceptors (Lipinski definition) is 3. The van der Waals surface area contributed by atoms with Gasteiger partial charge in [0.2, 0.25) is 5.91 Å². The molecule has 0 aliphatic carbocycles. The number of amides is 1. The van der Waals surface area contributed by atoms with Crippen molar-refractivity contribution in [2.75, 3.05) is 13.6 Å². The van der Waals surface area contributed by atoms with E-state index in [0.717, 1.165) is 10.4 Å². The third-order valence-electron chi connectivity index (χ3n) is 2.39.